The van der Waals surface area contributed by atoms with Crippen molar-refractivity contribution >= 4 is 37.5 Å². The van der Waals surface area contributed by atoms with Crippen LogP contribution in [0.1, 0.15) is 22.3 Å². The molecular formula is C22H21Br2NO. The molecule has 0 fully saturated rings. The average Bonchev–Trinajstić information content (AvgIpc) is 2.62. The number of anilines is 1. The topological polar surface area (TPSA) is 21.3 Å². The minimum absolute atomic E-state index is 0.540. The Bertz CT molecular complexity index is 851. The van der Waals surface area contributed by atoms with Crippen LogP contribution in [0, 0.1) is 13.8 Å². The van der Waals surface area contributed by atoms with Crippen molar-refractivity contribution in [1.29, 1.82) is 0 Å². The van der Waals surface area contributed by atoms with Gasteiger partial charge in [-0.25, -0.2) is 0 Å². The van der Waals surface area contributed by atoms with Gasteiger partial charge in [-0.05, 0) is 81.1 Å². The number of benzene rings is 3. The van der Waals surface area contributed by atoms with Crippen molar-refractivity contribution < 1.29 is 4.74 Å². The summed E-state index contributed by atoms with van der Waals surface area (Å²) < 4.78 is 7.90. The molecule has 0 heterocycles. The summed E-state index contributed by atoms with van der Waals surface area (Å²) in [4.78, 5) is 0. The molecule has 4 heteroatoms. The van der Waals surface area contributed by atoms with Gasteiger partial charge in [0.1, 0.15) is 12.4 Å². The first-order chi connectivity index (χ1) is 12.5. The van der Waals surface area contributed by atoms with Crippen molar-refractivity contribution in [2.75, 3.05) is 5.32 Å². The number of rotatable bonds is 6. The number of hydrogen-bond donors (Lipinski definition) is 1. The van der Waals surface area contributed by atoms with E-state index in [1.54, 1.807) is 0 Å². The van der Waals surface area contributed by atoms with Crippen LogP contribution in [-0.2, 0) is 13.2 Å². The smallest absolute Gasteiger partial charge is 0.148 e. The van der Waals surface area contributed by atoms with E-state index in [1.165, 1.54) is 16.7 Å². The second kappa shape index (κ2) is 8.74. The minimum Gasteiger partial charge on any atom is -0.487 e. The number of nitrogens with one attached hydrogen (secondary N) is 1. The maximum absolute atomic E-state index is 6.01. The van der Waals surface area contributed by atoms with E-state index < -0.39 is 0 Å². The largest absolute Gasteiger partial charge is 0.487 e. The Morgan fingerprint density at radius 3 is 1.88 bits per heavy atom. The molecule has 3 aromatic carbocycles. The van der Waals surface area contributed by atoms with Crippen molar-refractivity contribution in [2.24, 2.45) is 0 Å². The number of aryl methyl sites for hydroxylation is 2. The van der Waals surface area contributed by atoms with Gasteiger partial charge < -0.3 is 10.1 Å². The third-order valence-electron chi connectivity index (χ3n) is 4.11. The summed E-state index contributed by atoms with van der Waals surface area (Å²) in [6.45, 7) is 5.46. The van der Waals surface area contributed by atoms with E-state index in [-0.39, 0.29) is 0 Å². The first kappa shape index (κ1) is 19.0. The van der Waals surface area contributed by atoms with Crippen LogP contribution >= 0.6 is 31.9 Å². The van der Waals surface area contributed by atoms with Crippen LogP contribution in [0.2, 0.25) is 0 Å². The van der Waals surface area contributed by atoms with Crippen LogP contribution in [0.15, 0.2) is 69.6 Å². The molecule has 3 aromatic rings. The van der Waals surface area contributed by atoms with Crippen LogP contribution in [0.4, 0.5) is 5.69 Å². The molecule has 0 amide bonds. The summed E-state index contributed by atoms with van der Waals surface area (Å²) in [7, 11) is 0. The van der Waals surface area contributed by atoms with E-state index in [0.29, 0.717) is 6.61 Å². The highest BCUT2D eigenvalue weighted by Crippen LogP contribution is 2.35. The first-order valence-corrected chi connectivity index (χ1v) is 10.1. The Labute approximate surface area is 171 Å². The molecule has 0 saturated carbocycles. The molecule has 2 nitrogen and oxygen atoms in total. The lowest BCUT2D eigenvalue weighted by Crippen LogP contribution is -2.01. The van der Waals surface area contributed by atoms with Gasteiger partial charge >= 0.3 is 0 Å². The van der Waals surface area contributed by atoms with Gasteiger partial charge in [0.05, 0.1) is 8.95 Å². The van der Waals surface area contributed by atoms with Crippen molar-refractivity contribution in [3.63, 3.8) is 0 Å². The van der Waals surface area contributed by atoms with Crippen molar-refractivity contribution in [3.8, 4) is 5.75 Å². The summed E-state index contributed by atoms with van der Waals surface area (Å²) in [5, 5.41) is 3.44. The fourth-order valence-electron chi connectivity index (χ4n) is 2.57. The zero-order valence-corrected chi connectivity index (χ0v) is 18.0. The molecule has 0 unspecified atom stereocenters. The lowest BCUT2D eigenvalue weighted by atomic mass is 10.1. The second-order valence-electron chi connectivity index (χ2n) is 6.38. The Morgan fingerprint density at radius 2 is 1.31 bits per heavy atom. The van der Waals surface area contributed by atoms with Gasteiger partial charge in [0.25, 0.3) is 0 Å². The number of ether oxygens (including phenoxy) is 1. The zero-order valence-electron chi connectivity index (χ0n) is 14.9. The van der Waals surface area contributed by atoms with Crippen LogP contribution < -0.4 is 10.1 Å². The summed E-state index contributed by atoms with van der Waals surface area (Å²) in [5.41, 5.74) is 5.95. The molecule has 0 saturated heterocycles. The highest BCUT2D eigenvalue weighted by Gasteiger charge is 2.09. The second-order valence-corrected chi connectivity index (χ2v) is 8.09. The van der Waals surface area contributed by atoms with Gasteiger partial charge in [0.2, 0.25) is 0 Å². The zero-order chi connectivity index (χ0) is 18.5. The van der Waals surface area contributed by atoms with Gasteiger partial charge in [0, 0.05) is 12.2 Å². The molecule has 0 aliphatic carbocycles. The fraction of sp³-hybridized carbons (Fsp3) is 0.182. The maximum Gasteiger partial charge on any atom is 0.148 e. The predicted molar refractivity (Wildman–Crippen MR) is 116 cm³/mol. The highest BCUT2D eigenvalue weighted by molar-refractivity contribution is 9.11. The highest BCUT2D eigenvalue weighted by atomic mass is 79.9. The Morgan fingerprint density at radius 1 is 0.769 bits per heavy atom. The molecule has 0 bridgehead atoms. The summed E-state index contributed by atoms with van der Waals surface area (Å²) in [6, 6.07) is 21.0. The Balaban J connectivity index is 1.65. The average molecular weight is 475 g/mol. The standard InChI is InChI=1S/C22H21Br2NO/c1-15-3-7-17(8-4-15)14-26-22-20(23)11-18(12-21(22)24)13-25-19-9-5-16(2)6-10-19/h3-12,25H,13-14H2,1-2H3. The molecule has 0 radical (unpaired) electrons. The third kappa shape index (κ3) is 5.12. The minimum atomic E-state index is 0.540. The lowest BCUT2D eigenvalue weighted by molar-refractivity contribution is 0.302. The fourth-order valence-corrected chi connectivity index (χ4v) is 4.08. The van der Waals surface area contributed by atoms with Gasteiger partial charge in [-0.3, -0.25) is 0 Å². The van der Waals surface area contributed by atoms with Gasteiger partial charge in [-0.2, -0.15) is 0 Å². The lowest BCUT2D eigenvalue weighted by Gasteiger charge is -2.13. The number of hydrogen-bond acceptors (Lipinski definition) is 2. The normalized spacial score (nSPS) is 10.6. The van der Waals surface area contributed by atoms with Crippen molar-refractivity contribution in [2.45, 2.75) is 27.0 Å². The van der Waals surface area contributed by atoms with Crippen LogP contribution in [0.5, 0.6) is 5.75 Å². The van der Waals surface area contributed by atoms with Crippen LogP contribution in [0.3, 0.4) is 0 Å². The monoisotopic (exact) mass is 473 g/mol. The third-order valence-corrected chi connectivity index (χ3v) is 5.29. The molecule has 26 heavy (non-hydrogen) atoms. The Hall–Kier alpha value is -1.78. The molecular weight excluding hydrogens is 454 g/mol. The van der Waals surface area contributed by atoms with E-state index >= 15 is 0 Å². The van der Waals surface area contributed by atoms with E-state index in [4.69, 9.17) is 4.74 Å². The molecule has 0 aromatic heterocycles. The summed E-state index contributed by atoms with van der Waals surface area (Å²) in [5.74, 6) is 0.824. The Kier molecular flexibility index (Phi) is 6.38. The predicted octanol–water partition coefficient (Wildman–Crippen LogP) is 7.02. The van der Waals surface area contributed by atoms with E-state index in [1.807, 2.05) is 0 Å². The summed E-state index contributed by atoms with van der Waals surface area (Å²) >= 11 is 7.27. The van der Waals surface area contributed by atoms with E-state index in [2.05, 4.69) is 112 Å². The van der Waals surface area contributed by atoms with Crippen LogP contribution in [-0.4, -0.2) is 0 Å². The number of halogens is 2. The van der Waals surface area contributed by atoms with Gasteiger partial charge in [-0.15, -0.1) is 0 Å². The van der Waals surface area contributed by atoms with E-state index in [9.17, 15) is 0 Å². The SMILES string of the molecule is Cc1ccc(COc2c(Br)cc(CNc3ccc(C)cc3)cc2Br)cc1. The first-order valence-electron chi connectivity index (χ1n) is 8.48. The van der Waals surface area contributed by atoms with E-state index in [0.717, 1.165) is 32.5 Å². The maximum atomic E-state index is 6.01. The van der Waals surface area contributed by atoms with Crippen molar-refractivity contribution in [3.05, 3.63) is 91.9 Å². The molecule has 0 aliphatic heterocycles. The molecule has 0 spiro atoms. The molecule has 134 valence electrons. The molecule has 3 rings (SSSR count). The molecule has 0 atom stereocenters. The van der Waals surface area contributed by atoms with Gasteiger partial charge in [-0.1, -0.05) is 47.5 Å². The van der Waals surface area contributed by atoms with Gasteiger partial charge in [0.15, 0.2) is 0 Å². The summed E-state index contributed by atoms with van der Waals surface area (Å²) in [6.07, 6.45) is 0. The van der Waals surface area contributed by atoms with Crippen molar-refractivity contribution in [1.82, 2.24) is 0 Å². The molecule has 0 aliphatic rings. The molecule has 1 N–H and O–H groups in total. The quantitative estimate of drug-likeness (QED) is 0.414. The van der Waals surface area contributed by atoms with Crippen LogP contribution in [0.25, 0.3) is 0 Å².